The molecule has 0 aliphatic rings. The fourth-order valence-electron chi connectivity index (χ4n) is 1.79. The van der Waals surface area contributed by atoms with Crippen molar-refractivity contribution in [2.75, 3.05) is 7.11 Å². The molecule has 1 atom stereocenters. The molecular weight excluding hydrogens is 242 g/mol. The minimum atomic E-state index is -2.05. The summed E-state index contributed by atoms with van der Waals surface area (Å²) in [4.78, 5) is 12.2. The number of benzene rings is 2. The molecule has 0 fully saturated rings. The van der Waals surface area contributed by atoms with Crippen LogP contribution in [-0.4, -0.2) is 18.0 Å². The summed E-state index contributed by atoms with van der Waals surface area (Å²) >= 11 is 0. The van der Waals surface area contributed by atoms with Gasteiger partial charge in [0.15, 0.2) is 0 Å². The lowest BCUT2D eigenvalue weighted by Crippen LogP contribution is -2.44. The predicted molar refractivity (Wildman–Crippen MR) is 71.9 cm³/mol. The quantitative estimate of drug-likeness (QED) is 0.645. The molecular formula is C15H15NO3. The molecule has 4 nitrogen and oxygen atoms in total. The van der Waals surface area contributed by atoms with E-state index in [2.05, 4.69) is 0 Å². The molecule has 19 heavy (non-hydrogen) atoms. The van der Waals surface area contributed by atoms with E-state index in [1.165, 1.54) is 0 Å². The van der Waals surface area contributed by atoms with Crippen molar-refractivity contribution in [2.24, 2.45) is 5.73 Å². The molecule has 0 saturated carbocycles. The summed E-state index contributed by atoms with van der Waals surface area (Å²) in [5, 5.41) is 10.3. The summed E-state index contributed by atoms with van der Waals surface area (Å²) in [6.45, 7) is 0. The molecule has 0 spiro atoms. The Kier molecular flexibility index (Phi) is 3.64. The van der Waals surface area contributed by atoms with Gasteiger partial charge in [0.25, 0.3) is 0 Å². The minimum Gasteiger partial charge on any atom is -0.497 e. The van der Waals surface area contributed by atoms with Crippen LogP contribution in [0.3, 0.4) is 0 Å². The van der Waals surface area contributed by atoms with E-state index in [9.17, 15) is 9.90 Å². The van der Waals surface area contributed by atoms with Crippen LogP contribution in [0.2, 0.25) is 0 Å². The second-order valence-corrected chi connectivity index (χ2v) is 4.19. The molecule has 3 N–H and O–H groups in total. The standard InChI is InChI=1S/C15H15NO3/c1-19-13-9-7-12(8-10-13)15(16,18)14(17)11-5-3-2-4-6-11/h2-10,18H,16H2,1H3. The van der Waals surface area contributed by atoms with E-state index in [4.69, 9.17) is 10.5 Å². The van der Waals surface area contributed by atoms with Gasteiger partial charge in [-0.15, -0.1) is 0 Å². The SMILES string of the molecule is COc1ccc(C(N)(O)C(=O)c2ccccc2)cc1. The van der Waals surface area contributed by atoms with Crippen LogP contribution in [0.25, 0.3) is 0 Å². The smallest absolute Gasteiger partial charge is 0.213 e. The van der Waals surface area contributed by atoms with Crippen LogP contribution in [-0.2, 0) is 5.72 Å². The highest BCUT2D eigenvalue weighted by Crippen LogP contribution is 2.22. The first kappa shape index (κ1) is 13.3. The Morgan fingerprint density at radius 1 is 1.11 bits per heavy atom. The zero-order valence-electron chi connectivity index (χ0n) is 10.5. The fraction of sp³-hybridized carbons (Fsp3) is 0.133. The van der Waals surface area contributed by atoms with Gasteiger partial charge in [0, 0.05) is 11.1 Å². The van der Waals surface area contributed by atoms with Crippen molar-refractivity contribution in [2.45, 2.75) is 5.72 Å². The summed E-state index contributed by atoms with van der Waals surface area (Å²) in [6, 6.07) is 14.9. The van der Waals surface area contributed by atoms with Gasteiger partial charge in [-0.3, -0.25) is 10.5 Å². The summed E-state index contributed by atoms with van der Waals surface area (Å²) in [7, 11) is 1.54. The van der Waals surface area contributed by atoms with E-state index in [0.29, 0.717) is 16.9 Å². The van der Waals surface area contributed by atoms with Gasteiger partial charge < -0.3 is 9.84 Å². The van der Waals surface area contributed by atoms with Crippen molar-refractivity contribution >= 4 is 5.78 Å². The Hall–Kier alpha value is -2.17. The minimum absolute atomic E-state index is 0.321. The molecule has 2 aromatic rings. The van der Waals surface area contributed by atoms with Crippen molar-refractivity contribution in [3.05, 3.63) is 65.7 Å². The highest BCUT2D eigenvalue weighted by molar-refractivity contribution is 6.02. The molecule has 1 unspecified atom stereocenters. The molecule has 0 aliphatic carbocycles. The third-order valence-corrected chi connectivity index (χ3v) is 2.91. The van der Waals surface area contributed by atoms with E-state index >= 15 is 0 Å². The van der Waals surface area contributed by atoms with E-state index in [1.54, 1.807) is 61.7 Å². The van der Waals surface area contributed by atoms with Crippen LogP contribution in [0.4, 0.5) is 0 Å². The third kappa shape index (κ3) is 2.65. The Balaban J connectivity index is 2.33. The molecule has 4 heteroatoms. The van der Waals surface area contributed by atoms with E-state index in [-0.39, 0.29) is 0 Å². The lowest BCUT2D eigenvalue weighted by atomic mass is 9.94. The monoisotopic (exact) mass is 257 g/mol. The fourth-order valence-corrected chi connectivity index (χ4v) is 1.79. The first-order valence-corrected chi connectivity index (χ1v) is 5.81. The number of ether oxygens (including phenoxy) is 1. The number of Topliss-reactive ketones (excluding diaryl/α,β-unsaturated/α-hetero) is 1. The number of nitrogens with two attached hydrogens (primary N) is 1. The van der Waals surface area contributed by atoms with Crippen molar-refractivity contribution in [3.8, 4) is 5.75 Å². The van der Waals surface area contributed by atoms with Gasteiger partial charge in [0.2, 0.25) is 11.5 Å². The number of carbonyl (C=O) groups excluding carboxylic acids is 1. The summed E-state index contributed by atoms with van der Waals surface area (Å²) in [5.41, 5.74) is 4.41. The average Bonchev–Trinajstić information content (AvgIpc) is 2.47. The van der Waals surface area contributed by atoms with Gasteiger partial charge in [0.1, 0.15) is 5.75 Å². The van der Waals surface area contributed by atoms with Gasteiger partial charge in [-0.2, -0.15) is 0 Å². The third-order valence-electron chi connectivity index (χ3n) is 2.91. The van der Waals surface area contributed by atoms with E-state index in [1.807, 2.05) is 0 Å². The van der Waals surface area contributed by atoms with Gasteiger partial charge in [-0.1, -0.05) is 42.5 Å². The first-order chi connectivity index (χ1) is 9.05. The second-order valence-electron chi connectivity index (χ2n) is 4.19. The number of ketones is 1. The van der Waals surface area contributed by atoms with Crippen molar-refractivity contribution in [1.82, 2.24) is 0 Å². The molecule has 0 amide bonds. The molecule has 0 heterocycles. The number of rotatable bonds is 4. The zero-order valence-corrected chi connectivity index (χ0v) is 10.5. The summed E-state index contributed by atoms with van der Waals surface area (Å²) < 4.78 is 5.02. The summed E-state index contributed by atoms with van der Waals surface area (Å²) in [5.74, 6) is 0.0879. The number of aliphatic hydroxyl groups is 1. The zero-order chi connectivity index (χ0) is 13.9. The van der Waals surface area contributed by atoms with Crippen LogP contribution in [0.15, 0.2) is 54.6 Å². The normalized spacial score (nSPS) is 13.6. The Bertz CT molecular complexity index is 562. The Labute approximate surface area is 111 Å². The lowest BCUT2D eigenvalue weighted by Gasteiger charge is -2.22. The van der Waals surface area contributed by atoms with Gasteiger partial charge in [-0.25, -0.2) is 0 Å². The van der Waals surface area contributed by atoms with Crippen molar-refractivity contribution in [1.29, 1.82) is 0 Å². The maximum absolute atomic E-state index is 12.2. The molecule has 2 rings (SSSR count). The second kappa shape index (κ2) is 5.22. The molecule has 0 bridgehead atoms. The van der Waals surface area contributed by atoms with Gasteiger partial charge >= 0.3 is 0 Å². The largest absolute Gasteiger partial charge is 0.497 e. The maximum Gasteiger partial charge on any atom is 0.213 e. The average molecular weight is 257 g/mol. The van der Waals surface area contributed by atoms with Crippen LogP contribution in [0.1, 0.15) is 15.9 Å². The molecule has 0 aliphatic heterocycles. The van der Waals surface area contributed by atoms with Gasteiger partial charge in [-0.05, 0) is 12.1 Å². The number of methoxy groups -OCH3 is 1. The molecule has 0 aromatic heterocycles. The van der Waals surface area contributed by atoms with Crippen LogP contribution < -0.4 is 10.5 Å². The summed E-state index contributed by atoms with van der Waals surface area (Å²) in [6.07, 6.45) is 0. The Morgan fingerprint density at radius 2 is 1.68 bits per heavy atom. The first-order valence-electron chi connectivity index (χ1n) is 5.81. The number of hydrogen-bond donors (Lipinski definition) is 2. The highest BCUT2D eigenvalue weighted by Gasteiger charge is 2.33. The molecule has 2 aromatic carbocycles. The van der Waals surface area contributed by atoms with Crippen molar-refractivity contribution < 1.29 is 14.6 Å². The highest BCUT2D eigenvalue weighted by atomic mass is 16.5. The van der Waals surface area contributed by atoms with Crippen LogP contribution in [0.5, 0.6) is 5.75 Å². The van der Waals surface area contributed by atoms with Crippen molar-refractivity contribution in [3.63, 3.8) is 0 Å². The lowest BCUT2D eigenvalue weighted by molar-refractivity contribution is 0.0330. The predicted octanol–water partition coefficient (Wildman–Crippen LogP) is 1.68. The topological polar surface area (TPSA) is 72.6 Å². The number of carbonyl (C=O) groups is 1. The molecule has 98 valence electrons. The molecule has 0 radical (unpaired) electrons. The van der Waals surface area contributed by atoms with E-state index in [0.717, 1.165) is 0 Å². The maximum atomic E-state index is 12.2. The Morgan fingerprint density at radius 3 is 2.21 bits per heavy atom. The van der Waals surface area contributed by atoms with E-state index < -0.39 is 11.5 Å². The molecule has 0 saturated heterocycles. The number of hydrogen-bond acceptors (Lipinski definition) is 4. The van der Waals surface area contributed by atoms with Crippen LogP contribution >= 0.6 is 0 Å². The van der Waals surface area contributed by atoms with Gasteiger partial charge in [0.05, 0.1) is 7.11 Å². The van der Waals surface area contributed by atoms with Crippen LogP contribution in [0, 0.1) is 0 Å².